The number of hydrogen-bond acceptors (Lipinski definition) is 16. The van der Waals surface area contributed by atoms with E-state index in [0.717, 1.165) is 0 Å². The van der Waals surface area contributed by atoms with E-state index in [1.54, 1.807) is 0 Å². The van der Waals surface area contributed by atoms with Crippen LogP contribution in [0.5, 0.6) is 0 Å². The van der Waals surface area contributed by atoms with Gasteiger partial charge < -0.3 is 56.7 Å². The van der Waals surface area contributed by atoms with Crippen LogP contribution in [-0.2, 0) is 29.9 Å². The van der Waals surface area contributed by atoms with Crippen molar-refractivity contribution < 1.29 is 73.5 Å². The minimum absolute atomic E-state index is 0. The van der Waals surface area contributed by atoms with Crippen LogP contribution in [0.2, 0.25) is 0 Å². The first kappa shape index (κ1) is 57.0. The molecule has 0 rings (SSSR count). The van der Waals surface area contributed by atoms with Crippen LogP contribution in [0, 0.1) is 0 Å². The van der Waals surface area contributed by atoms with E-state index < -0.39 is 36.4 Å². The van der Waals surface area contributed by atoms with Crippen LogP contribution in [0.3, 0.4) is 0 Å². The SMILES string of the molecule is O=P([O-])([O-])[O-].O=P([O-])([O-])[O-].O=S(=O)([O-])[O-].O=S(=O)([O-])[O-].[Pb+2].[Pb+2].[Pb+2].[Pb+2].[Pb+2]. The van der Waals surface area contributed by atoms with Gasteiger partial charge in [-0.25, -0.2) is 0 Å². The van der Waals surface area contributed by atoms with Gasteiger partial charge in [0.25, 0.3) is 0 Å². The van der Waals surface area contributed by atoms with Gasteiger partial charge in [-0.2, -0.15) is 15.6 Å². The summed E-state index contributed by atoms with van der Waals surface area (Å²) in [5, 5.41) is 0. The van der Waals surface area contributed by atoms with E-state index in [9.17, 15) is 0 Å². The predicted octanol–water partition coefficient (Wildman–Crippen LogP) is -10.2. The third-order valence-electron chi connectivity index (χ3n) is 0. The van der Waals surface area contributed by atoms with Gasteiger partial charge in [-0.3, -0.25) is 16.8 Å². The van der Waals surface area contributed by atoms with Gasteiger partial charge in [0.2, 0.25) is 0 Å². The molecule has 0 aliphatic carbocycles. The molecule has 0 amide bonds. The van der Waals surface area contributed by atoms with Crippen molar-refractivity contribution in [1.82, 2.24) is 0 Å². The van der Waals surface area contributed by atoms with Gasteiger partial charge in [-0.15, -0.1) is 0 Å². The zero-order valence-corrected chi connectivity index (χ0v) is 33.6. The van der Waals surface area contributed by atoms with E-state index in [2.05, 4.69) is 0 Å². The molecule has 16 nitrogen and oxygen atoms in total. The normalized spacial score (nSPS) is 9.36. The zero-order chi connectivity index (χ0) is 18.0. The molecule has 0 atom stereocenters. The van der Waals surface area contributed by atoms with Gasteiger partial charge in [0, 0.05) is 20.8 Å². The average molecular weight is 1420 g/mol. The van der Waals surface area contributed by atoms with Crippen molar-refractivity contribution in [3.05, 3.63) is 0 Å². The monoisotopic (exact) mass is 1420 g/mol. The molecule has 0 saturated carbocycles. The zero-order valence-electron chi connectivity index (χ0n) is 10.7. The Morgan fingerprint density at radius 2 is 0.440 bits per heavy atom. The maximum Gasteiger partial charge on any atom is 2.00 e. The van der Waals surface area contributed by atoms with E-state index in [-0.39, 0.29) is 136 Å². The Labute approximate surface area is 242 Å². The van der Waals surface area contributed by atoms with Crippen molar-refractivity contribution >= 4 is 173 Å². The molecule has 0 aromatic carbocycles. The van der Waals surface area contributed by atoms with Crippen LogP contribution in [0.15, 0.2) is 0 Å². The van der Waals surface area contributed by atoms with Crippen molar-refractivity contribution in [1.29, 1.82) is 0 Å². The van der Waals surface area contributed by atoms with Crippen molar-refractivity contribution in [3.63, 3.8) is 0 Å². The molecule has 0 N–H and O–H groups in total. The molecule has 25 heteroatoms. The summed E-state index contributed by atoms with van der Waals surface area (Å²) in [7, 11) is -21.1. The topological polar surface area (TPSA) is 333 Å². The molecular weight excluding hydrogens is 1420 g/mol. The Morgan fingerprint density at radius 3 is 0.440 bits per heavy atom. The third-order valence-corrected chi connectivity index (χ3v) is 0. The van der Waals surface area contributed by atoms with Crippen LogP contribution in [0.4, 0.5) is 0 Å². The second kappa shape index (κ2) is 26.6. The second-order valence-electron chi connectivity index (χ2n) is 1.71. The van der Waals surface area contributed by atoms with Gasteiger partial charge >= 0.3 is 136 Å². The molecule has 138 valence electrons. The summed E-state index contributed by atoms with van der Waals surface area (Å²) in [4.78, 5) is 51.3. The van der Waals surface area contributed by atoms with Crippen LogP contribution < -0.4 is 29.4 Å². The van der Waals surface area contributed by atoms with Gasteiger partial charge in [0.1, 0.15) is 0 Å². The number of hydrogen-bond donors (Lipinski definition) is 0. The van der Waals surface area contributed by atoms with Crippen molar-refractivity contribution in [2.45, 2.75) is 0 Å². The van der Waals surface area contributed by atoms with E-state index >= 15 is 0 Å². The summed E-state index contributed by atoms with van der Waals surface area (Å²) in [5.41, 5.74) is 0. The van der Waals surface area contributed by atoms with Crippen LogP contribution in [-0.4, -0.2) is 172 Å². The van der Waals surface area contributed by atoms with E-state index in [0.29, 0.717) is 0 Å². The Bertz CT molecular complexity index is 442. The molecule has 0 aromatic heterocycles. The molecule has 0 spiro atoms. The fourth-order valence-electron chi connectivity index (χ4n) is 0. The molecule has 0 fully saturated rings. The maximum absolute atomic E-state index is 8.55. The van der Waals surface area contributed by atoms with E-state index in [1.165, 1.54) is 0 Å². The van der Waals surface area contributed by atoms with Crippen LogP contribution >= 0.6 is 15.6 Å². The van der Waals surface area contributed by atoms with Gasteiger partial charge in [-0.05, 0) is 0 Å². The van der Waals surface area contributed by atoms with Gasteiger partial charge in [0.05, 0.1) is 0 Å². The molecule has 0 aliphatic heterocycles. The summed E-state index contributed by atoms with van der Waals surface area (Å²) in [6.45, 7) is 0. The summed E-state index contributed by atoms with van der Waals surface area (Å²) < 4.78 is 85.3. The van der Waals surface area contributed by atoms with Crippen LogP contribution in [0.1, 0.15) is 0 Å². The maximum atomic E-state index is 8.55. The molecule has 0 unspecified atom stereocenters. The van der Waals surface area contributed by atoms with Crippen molar-refractivity contribution in [2.24, 2.45) is 0 Å². The third kappa shape index (κ3) is 966. The van der Waals surface area contributed by atoms with Crippen molar-refractivity contribution in [3.8, 4) is 0 Å². The molecule has 0 heterocycles. The van der Waals surface area contributed by atoms with Crippen molar-refractivity contribution in [2.75, 3.05) is 0 Å². The smallest absolute Gasteiger partial charge is 0.822 e. The summed E-state index contributed by atoms with van der Waals surface area (Å²) in [6, 6.07) is 0. The predicted molar refractivity (Wildman–Crippen MR) is 64.9 cm³/mol. The molecule has 0 saturated heterocycles. The summed E-state index contributed by atoms with van der Waals surface area (Å²) >= 11 is 0. The van der Waals surface area contributed by atoms with Crippen LogP contribution in [0.25, 0.3) is 0 Å². The molecule has 10 radical (unpaired) electrons. The summed E-state index contributed by atoms with van der Waals surface area (Å²) in [5.74, 6) is 0. The molecular formula is O16P2Pb5S2. The largest absolute Gasteiger partial charge is 2.00 e. The van der Waals surface area contributed by atoms with E-state index in [4.69, 9.17) is 73.5 Å². The fraction of sp³-hybridized carbons (Fsp3) is 0. The number of rotatable bonds is 0. The minimum atomic E-state index is -5.39. The Kier molecular flexibility index (Phi) is 60.7. The Balaban J connectivity index is -0.0000000183. The van der Waals surface area contributed by atoms with E-state index in [1.807, 2.05) is 0 Å². The molecule has 25 heavy (non-hydrogen) atoms. The first-order valence-corrected chi connectivity index (χ1v) is 8.38. The first-order chi connectivity index (χ1) is 8.00. The Hall–Kier alpha value is 4.57. The standard InChI is InChI=1S/2H3O4P.2H2O4S.5Pb/c4*1-5(2,3)4;;;;;/h2*(H3,1,2,3,4);2*(H2,1,2,3,4);;;;;/q;;;;5*+2/p-10. The first-order valence-electron chi connectivity index (χ1n) is 2.79. The minimum Gasteiger partial charge on any atom is -0.822 e. The van der Waals surface area contributed by atoms with Gasteiger partial charge in [0.15, 0.2) is 0 Å². The second-order valence-corrected chi connectivity index (χ2v) is 5.13. The number of phosphoric acid groups is 2. The Morgan fingerprint density at radius 1 is 0.440 bits per heavy atom. The van der Waals surface area contributed by atoms with Gasteiger partial charge in [-0.1, -0.05) is 0 Å². The average Bonchev–Trinajstić information content (AvgIpc) is 1.62. The fourth-order valence-corrected chi connectivity index (χ4v) is 0. The summed E-state index contributed by atoms with van der Waals surface area (Å²) in [6.07, 6.45) is 0. The molecule has 0 aromatic rings. The molecule has 0 bridgehead atoms. The molecule has 0 aliphatic rings. The quantitative estimate of drug-likeness (QED) is 0.0941.